The Hall–Kier alpha value is -2.53. The van der Waals surface area contributed by atoms with Gasteiger partial charge in [0.25, 0.3) is 5.91 Å². The zero-order chi connectivity index (χ0) is 17.9. The van der Waals surface area contributed by atoms with Crippen LogP contribution in [0.25, 0.3) is 0 Å². The summed E-state index contributed by atoms with van der Waals surface area (Å²) in [5.74, 6) is 1.10. The molecule has 0 aromatic heterocycles. The highest BCUT2D eigenvalue weighted by molar-refractivity contribution is 7.92. The molecule has 1 aliphatic heterocycles. The van der Waals surface area contributed by atoms with Crippen molar-refractivity contribution < 1.29 is 22.7 Å². The molecule has 0 bridgehead atoms. The van der Waals surface area contributed by atoms with Crippen molar-refractivity contribution in [2.45, 2.75) is 19.4 Å². The molecule has 7 nitrogen and oxygen atoms in total. The molecule has 128 valence electrons. The van der Waals surface area contributed by atoms with Crippen LogP contribution in [0.3, 0.4) is 0 Å². The van der Waals surface area contributed by atoms with E-state index >= 15 is 0 Å². The van der Waals surface area contributed by atoms with Gasteiger partial charge in [-0.3, -0.25) is 9.10 Å². The Kier molecular flexibility index (Phi) is 5.14. The lowest BCUT2D eigenvalue weighted by atomic mass is 10.1. The maximum atomic E-state index is 12.0. The van der Waals surface area contributed by atoms with Gasteiger partial charge in [0, 0.05) is 6.04 Å². The number of nitrogens with one attached hydrogen (secondary N) is 1. The smallest absolute Gasteiger partial charge is 0.338 e. The molecular weight excluding hydrogens is 332 g/mol. The number of fused-ring (bicyclic) bond motifs is 1. The van der Waals surface area contributed by atoms with Gasteiger partial charge in [-0.05, 0) is 37.1 Å². The molecule has 1 aromatic carbocycles. The van der Waals surface area contributed by atoms with Crippen LogP contribution in [-0.2, 0) is 26.0 Å². The summed E-state index contributed by atoms with van der Waals surface area (Å²) < 4.78 is 30.0. The topological polar surface area (TPSA) is 92.8 Å². The minimum absolute atomic E-state index is 0.0639. The summed E-state index contributed by atoms with van der Waals surface area (Å²) in [6.07, 6.45) is 6.66. The van der Waals surface area contributed by atoms with E-state index in [-0.39, 0.29) is 18.2 Å². The monoisotopic (exact) mass is 350 g/mol. The number of ether oxygens (including phenoxy) is 1. The van der Waals surface area contributed by atoms with Crippen molar-refractivity contribution in [1.82, 2.24) is 5.32 Å². The number of sulfonamides is 1. The van der Waals surface area contributed by atoms with Crippen molar-refractivity contribution in [3.63, 3.8) is 0 Å². The van der Waals surface area contributed by atoms with Crippen LogP contribution in [-0.4, -0.2) is 45.7 Å². The van der Waals surface area contributed by atoms with E-state index in [9.17, 15) is 18.0 Å². The van der Waals surface area contributed by atoms with Crippen molar-refractivity contribution >= 4 is 27.6 Å². The van der Waals surface area contributed by atoms with Crippen LogP contribution in [0.4, 0.5) is 5.69 Å². The Bertz CT molecular complexity index is 810. The minimum Gasteiger partial charge on any atom is -0.452 e. The number of carbonyl (C=O) groups excluding carboxylic acids is 2. The number of hydrogen-bond donors (Lipinski definition) is 1. The third-order valence-corrected chi connectivity index (χ3v) is 4.82. The second-order valence-corrected chi connectivity index (χ2v) is 7.37. The van der Waals surface area contributed by atoms with Gasteiger partial charge < -0.3 is 10.1 Å². The summed E-state index contributed by atoms with van der Waals surface area (Å²) in [6, 6.07) is 4.44. The molecule has 1 amide bonds. The molecular formula is C16H18N2O5S. The fourth-order valence-electron chi connectivity index (χ4n) is 2.65. The van der Waals surface area contributed by atoms with Crippen molar-refractivity contribution in [1.29, 1.82) is 0 Å². The molecule has 1 N–H and O–H groups in total. The van der Waals surface area contributed by atoms with Crippen LogP contribution in [0.5, 0.6) is 0 Å². The van der Waals surface area contributed by atoms with E-state index in [1.807, 2.05) is 0 Å². The Balaban J connectivity index is 2.10. The number of rotatable bonds is 5. The van der Waals surface area contributed by atoms with Gasteiger partial charge in [-0.2, -0.15) is 0 Å². The molecule has 1 atom stereocenters. The first kappa shape index (κ1) is 17.8. The SMILES string of the molecule is C#CCNC(=O)COC(=O)c1ccc2c(c1)C[C@H](C)N2S(C)(=O)=O. The second-order valence-electron chi connectivity index (χ2n) is 5.51. The molecule has 0 saturated heterocycles. The Morgan fingerprint density at radius 1 is 1.46 bits per heavy atom. The van der Waals surface area contributed by atoms with Crippen LogP contribution in [0.15, 0.2) is 18.2 Å². The highest BCUT2D eigenvalue weighted by Crippen LogP contribution is 2.34. The normalized spacial score (nSPS) is 16.2. The second kappa shape index (κ2) is 6.93. The lowest BCUT2D eigenvalue weighted by molar-refractivity contribution is -0.123. The average Bonchev–Trinajstić information content (AvgIpc) is 2.85. The molecule has 0 aliphatic carbocycles. The Labute approximate surface area is 141 Å². The van der Waals surface area contributed by atoms with Gasteiger partial charge in [0.15, 0.2) is 6.61 Å². The summed E-state index contributed by atoms with van der Waals surface area (Å²) in [7, 11) is -3.38. The van der Waals surface area contributed by atoms with Crippen LogP contribution in [0.1, 0.15) is 22.8 Å². The zero-order valence-corrected chi connectivity index (χ0v) is 14.2. The summed E-state index contributed by atoms with van der Waals surface area (Å²) in [4.78, 5) is 23.4. The summed E-state index contributed by atoms with van der Waals surface area (Å²) in [5, 5.41) is 2.38. The summed E-state index contributed by atoms with van der Waals surface area (Å²) in [5.41, 5.74) is 1.58. The molecule has 0 spiro atoms. The molecule has 0 saturated carbocycles. The summed E-state index contributed by atoms with van der Waals surface area (Å²) >= 11 is 0. The quantitative estimate of drug-likeness (QED) is 0.609. The van der Waals surface area contributed by atoms with Gasteiger partial charge in [0.2, 0.25) is 10.0 Å². The van der Waals surface area contributed by atoms with E-state index in [0.29, 0.717) is 12.1 Å². The molecule has 8 heteroatoms. The number of hydrogen-bond acceptors (Lipinski definition) is 5. The minimum atomic E-state index is -3.38. The number of anilines is 1. The standard InChI is InChI=1S/C16H18N2O5S/c1-4-7-17-15(19)10-23-16(20)12-5-6-14-13(9-12)8-11(2)18(14)24(3,21)22/h1,5-6,9,11H,7-8,10H2,2-3H3,(H,17,19)/t11-/m0/s1. The number of carbonyl (C=O) groups is 2. The fraction of sp³-hybridized carbons (Fsp3) is 0.375. The first-order chi connectivity index (χ1) is 11.2. The third kappa shape index (κ3) is 3.86. The number of benzene rings is 1. The molecule has 0 fully saturated rings. The predicted octanol–water partition coefficient (Wildman–Crippen LogP) is 0.303. The Morgan fingerprint density at radius 3 is 2.79 bits per heavy atom. The largest absolute Gasteiger partial charge is 0.452 e. The predicted molar refractivity (Wildman–Crippen MR) is 89.1 cm³/mol. The van der Waals surface area contributed by atoms with Gasteiger partial charge >= 0.3 is 5.97 Å². The van der Waals surface area contributed by atoms with Gasteiger partial charge in [0.1, 0.15) is 0 Å². The molecule has 0 unspecified atom stereocenters. The van der Waals surface area contributed by atoms with Crippen molar-refractivity contribution in [3.05, 3.63) is 29.3 Å². The number of terminal acetylenes is 1. The molecule has 2 rings (SSSR count). The lowest BCUT2D eigenvalue weighted by Crippen LogP contribution is -2.34. The van der Waals surface area contributed by atoms with E-state index in [4.69, 9.17) is 11.2 Å². The number of amides is 1. The van der Waals surface area contributed by atoms with E-state index in [1.54, 1.807) is 19.1 Å². The van der Waals surface area contributed by atoms with Gasteiger partial charge in [0.05, 0.1) is 24.1 Å². The van der Waals surface area contributed by atoms with E-state index in [0.717, 1.165) is 11.8 Å². The van der Waals surface area contributed by atoms with E-state index in [2.05, 4.69) is 11.2 Å². The van der Waals surface area contributed by atoms with E-state index < -0.39 is 28.5 Å². The molecule has 0 radical (unpaired) electrons. The van der Waals surface area contributed by atoms with Crippen LogP contribution in [0.2, 0.25) is 0 Å². The maximum absolute atomic E-state index is 12.0. The van der Waals surface area contributed by atoms with Crippen LogP contribution in [0, 0.1) is 12.3 Å². The first-order valence-electron chi connectivity index (χ1n) is 7.23. The van der Waals surface area contributed by atoms with Crippen molar-refractivity contribution in [3.8, 4) is 12.3 Å². The van der Waals surface area contributed by atoms with E-state index in [1.165, 1.54) is 10.4 Å². The van der Waals surface area contributed by atoms with Gasteiger partial charge in [-0.25, -0.2) is 13.2 Å². The first-order valence-corrected chi connectivity index (χ1v) is 9.08. The van der Waals surface area contributed by atoms with Crippen molar-refractivity contribution in [2.24, 2.45) is 0 Å². The van der Waals surface area contributed by atoms with Crippen molar-refractivity contribution in [2.75, 3.05) is 23.7 Å². The number of esters is 1. The van der Waals surface area contributed by atoms with Gasteiger partial charge in [-0.1, -0.05) is 5.92 Å². The lowest BCUT2D eigenvalue weighted by Gasteiger charge is -2.21. The van der Waals surface area contributed by atoms with Gasteiger partial charge in [-0.15, -0.1) is 6.42 Å². The maximum Gasteiger partial charge on any atom is 0.338 e. The number of nitrogens with zero attached hydrogens (tertiary/aromatic N) is 1. The highest BCUT2D eigenvalue weighted by Gasteiger charge is 2.32. The summed E-state index contributed by atoms with van der Waals surface area (Å²) in [6.45, 7) is 1.44. The Morgan fingerprint density at radius 2 is 2.17 bits per heavy atom. The molecule has 1 aromatic rings. The molecule has 24 heavy (non-hydrogen) atoms. The highest BCUT2D eigenvalue weighted by atomic mass is 32.2. The van der Waals surface area contributed by atoms with Crippen LogP contribution < -0.4 is 9.62 Å². The third-order valence-electron chi connectivity index (χ3n) is 3.55. The average molecular weight is 350 g/mol. The van der Waals surface area contributed by atoms with Crippen LogP contribution >= 0.6 is 0 Å². The zero-order valence-electron chi connectivity index (χ0n) is 13.4. The molecule has 1 heterocycles. The molecule has 1 aliphatic rings. The fourth-order valence-corrected chi connectivity index (χ4v) is 3.91.